The van der Waals surface area contributed by atoms with Crippen LogP contribution in [-0.2, 0) is 0 Å². The van der Waals surface area contributed by atoms with E-state index in [2.05, 4.69) is 150 Å². The van der Waals surface area contributed by atoms with Gasteiger partial charge in [-0.1, -0.05) is 152 Å². The van der Waals surface area contributed by atoms with E-state index in [-0.39, 0.29) is 0 Å². The standard InChI is InChI=1S/C51H36N2OP/c54-55(44-20-9-3-10-21-44,45-22-11-4-12-23-45)46-32-31-40-33-39(29-30-41(40)34-46)36-25-27-37(28-26-36)48-35-42-17-13-14-24-47(42)51-49(48)50(38-15-5-1-6-16-38)52-53(51)43-18-7-2-8-19-43/h1-35,54H/q+1. The Balaban J connectivity index is 1.07. The molecule has 260 valence electrons. The maximum atomic E-state index is 12.5. The summed E-state index contributed by atoms with van der Waals surface area (Å²) >= 11 is 0. The van der Waals surface area contributed by atoms with E-state index < -0.39 is 7.49 Å². The fraction of sp³-hybridized carbons (Fsp3) is 0. The Morgan fingerprint density at radius 1 is 0.400 bits per heavy atom. The second kappa shape index (κ2) is 13.6. The molecule has 0 bridgehead atoms. The monoisotopic (exact) mass is 723 g/mol. The molecule has 3 nitrogen and oxygen atoms in total. The third-order valence-corrected chi connectivity index (χ3v) is 13.8. The summed E-state index contributed by atoms with van der Waals surface area (Å²) in [6.45, 7) is 0. The lowest BCUT2D eigenvalue weighted by atomic mass is 9.92. The van der Waals surface area contributed by atoms with Crippen LogP contribution in [0.2, 0.25) is 0 Å². The minimum Gasteiger partial charge on any atom is -0.235 e. The maximum Gasteiger partial charge on any atom is 0.238 e. The molecule has 0 radical (unpaired) electrons. The molecule has 0 saturated carbocycles. The van der Waals surface area contributed by atoms with E-state index >= 15 is 0 Å². The zero-order valence-electron chi connectivity index (χ0n) is 30.0. The van der Waals surface area contributed by atoms with E-state index in [9.17, 15) is 4.89 Å². The van der Waals surface area contributed by atoms with Crippen LogP contribution in [0.15, 0.2) is 212 Å². The molecule has 10 rings (SSSR count). The first-order valence-corrected chi connectivity index (χ1v) is 20.3. The van der Waals surface area contributed by atoms with Crippen molar-refractivity contribution in [3.8, 4) is 39.2 Å². The minimum absolute atomic E-state index is 0.946. The van der Waals surface area contributed by atoms with Crippen LogP contribution in [0.3, 0.4) is 0 Å². The van der Waals surface area contributed by atoms with E-state index in [1.54, 1.807) is 0 Å². The molecule has 9 aromatic carbocycles. The fourth-order valence-corrected chi connectivity index (χ4v) is 10.7. The van der Waals surface area contributed by atoms with Gasteiger partial charge < -0.3 is 0 Å². The van der Waals surface area contributed by atoms with E-state index in [1.165, 1.54) is 10.8 Å². The molecule has 0 amide bonds. The van der Waals surface area contributed by atoms with Gasteiger partial charge in [0.25, 0.3) is 0 Å². The summed E-state index contributed by atoms with van der Waals surface area (Å²) in [5, 5.41) is 13.9. The van der Waals surface area contributed by atoms with E-state index in [0.717, 1.165) is 76.8 Å². The number of rotatable bonds is 7. The summed E-state index contributed by atoms with van der Waals surface area (Å²) in [6.07, 6.45) is 0. The predicted molar refractivity (Wildman–Crippen MR) is 233 cm³/mol. The van der Waals surface area contributed by atoms with Gasteiger partial charge in [0, 0.05) is 16.3 Å². The number of benzene rings is 9. The van der Waals surface area contributed by atoms with Crippen LogP contribution in [0.1, 0.15) is 0 Å². The normalized spacial score (nSPS) is 11.7. The zero-order valence-corrected chi connectivity index (χ0v) is 30.9. The van der Waals surface area contributed by atoms with Gasteiger partial charge in [-0.15, -0.1) is 0 Å². The van der Waals surface area contributed by atoms with Gasteiger partial charge in [0.1, 0.15) is 21.6 Å². The highest BCUT2D eigenvalue weighted by Gasteiger charge is 2.44. The van der Waals surface area contributed by atoms with Crippen molar-refractivity contribution in [1.29, 1.82) is 0 Å². The van der Waals surface area contributed by atoms with Gasteiger partial charge >= 0.3 is 0 Å². The lowest BCUT2D eigenvalue weighted by molar-refractivity contribution is 0.633. The lowest BCUT2D eigenvalue weighted by Gasteiger charge is -2.20. The zero-order chi connectivity index (χ0) is 36.8. The number of nitrogens with zero attached hydrogens (tertiary/aromatic N) is 2. The summed E-state index contributed by atoms with van der Waals surface area (Å²) < 4.78 is 2.11. The van der Waals surface area contributed by atoms with Crippen LogP contribution in [0.5, 0.6) is 0 Å². The molecule has 0 saturated heterocycles. The van der Waals surface area contributed by atoms with Crippen LogP contribution >= 0.6 is 7.49 Å². The molecule has 1 N–H and O–H groups in total. The quantitative estimate of drug-likeness (QED) is 0.166. The lowest BCUT2D eigenvalue weighted by Crippen LogP contribution is -2.30. The molecule has 4 heteroatoms. The molecule has 55 heavy (non-hydrogen) atoms. The molecular weight excluding hydrogens is 688 g/mol. The molecule has 1 aromatic heterocycles. The third-order valence-electron chi connectivity index (χ3n) is 10.7. The van der Waals surface area contributed by atoms with Crippen LogP contribution in [0, 0.1) is 0 Å². The third kappa shape index (κ3) is 5.73. The first-order chi connectivity index (χ1) is 27.1. The average Bonchev–Trinajstić information content (AvgIpc) is 3.68. The molecule has 0 aliphatic rings. The van der Waals surface area contributed by atoms with Crippen molar-refractivity contribution in [2.75, 3.05) is 0 Å². The van der Waals surface area contributed by atoms with Crippen molar-refractivity contribution >= 4 is 55.9 Å². The van der Waals surface area contributed by atoms with E-state index in [0.29, 0.717) is 0 Å². The number of para-hydroxylation sites is 1. The number of fused-ring (bicyclic) bond motifs is 4. The minimum atomic E-state index is -2.81. The molecule has 0 atom stereocenters. The second-order valence-corrected chi connectivity index (χ2v) is 16.8. The van der Waals surface area contributed by atoms with Crippen LogP contribution < -0.4 is 15.9 Å². The van der Waals surface area contributed by atoms with Crippen LogP contribution in [0.4, 0.5) is 0 Å². The van der Waals surface area contributed by atoms with Crippen molar-refractivity contribution < 1.29 is 4.89 Å². The number of hydrogen-bond donors (Lipinski definition) is 1. The Labute approximate surface area is 320 Å². The van der Waals surface area contributed by atoms with Crippen molar-refractivity contribution in [3.05, 3.63) is 212 Å². The molecule has 0 fully saturated rings. The van der Waals surface area contributed by atoms with Gasteiger partial charge in [-0.05, 0) is 99.1 Å². The van der Waals surface area contributed by atoms with Crippen molar-refractivity contribution in [3.63, 3.8) is 0 Å². The second-order valence-electron chi connectivity index (χ2n) is 14.0. The SMILES string of the molecule is O[P+](c1ccccc1)(c1ccccc1)c1ccc2cc(-c3ccc(-c4cc5ccccc5c5c4c(-c4ccccc4)nn5-c4ccccc4)cc3)ccc2c1. The summed E-state index contributed by atoms with van der Waals surface area (Å²) in [6, 6.07) is 74.0. The summed E-state index contributed by atoms with van der Waals surface area (Å²) in [4.78, 5) is 12.5. The highest BCUT2D eigenvalue weighted by molar-refractivity contribution is 7.91. The average molecular weight is 724 g/mol. The number of hydrogen-bond acceptors (Lipinski definition) is 2. The van der Waals surface area contributed by atoms with Crippen molar-refractivity contribution in [1.82, 2.24) is 9.78 Å². The molecule has 0 aliphatic heterocycles. The van der Waals surface area contributed by atoms with Gasteiger partial charge in [-0.3, -0.25) is 0 Å². The highest BCUT2D eigenvalue weighted by Crippen LogP contribution is 2.51. The maximum absolute atomic E-state index is 12.5. The molecular formula is C51H36N2OP+. The molecule has 0 aliphatic carbocycles. The largest absolute Gasteiger partial charge is 0.238 e. The summed E-state index contributed by atoms with van der Waals surface area (Å²) in [5.74, 6) is 0. The molecule has 0 spiro atoms. The van der Waals surface area contributed by atoms with Crippen molar-refractivity contribution in [2.24, 2.45) is 0 Å². The van der Waals surface area contributed by atoms with E-state index in [4.69, 9.17) is 5.10 Å². The Morgan fingerprint density at radius 2 is 0.945 bits per heavy atom. The Bertz CT molecular complexity index is 2920. The Morgan fingerprint density at radius 3 is 1.64 bits per heavy atom. The first kappa shape index (κ1) is 33.0. The molecule has 10 aromatic rings. The van der Waals surface area contributed by atoms with E-state index in [1.807, 2.05) is 66.7 Å². The number of aromatic nitrogens is 2. The Kier molecular flexibility index (Phi) is 8.18. The summed E-state index contributed by atoms with van der Waals surface area (Å²) in [7, 11) is -2.81. The van der Waals surface area contributed by atoms with Gasteiger partial charge in [0.15, 0.2) is 0 Å². The van der Waals surface area contributed by atoms with Gasteiger partial charge in [0.2, 0.25) is 7.49 Å². The molecule has 0 unspecified atom stereocenters. The predicted octanol–water partition coefficient (Wildman–Crippen LogP) is 11.5. The summed E-state index contributed by atoms with van der Waals surface area (Å²) in [5.41, 5.74) is 8.77. The Hall–Kier alpha value is -6.64. The smallest absolute Gasteiger partial charge is 0.235 e. The van der Waals surface area contributed by atoms with Crippen molar-refractivity contribution in [2.45, 2.75) is 0 Å². The highest BCUT2D eigenvalue weighted by atomic mass is 31.2. The van der Waals surface area contributed by atoms with Gasteiger partial charge in [-0.2, -0.15) is 5.10 Å². The first-order valence-electron chi connectivity index (χ1n) is 18.6. The van der Waals surface area contributed by atoms with Crippen LogP contribution in [-0.4, -0.2) is 14.7 Å². The topological polar surface area (TPSA) is 38.1 Å². The van der Waals surface area contributed by atoms with Gasteiger partial charge in [0.05, 0.1) is 11.2 Å². The fourth-order valence-electron chi connectivity index (χ4n) is 7.96. The molecule has 1 heterocycles. The van der Waals surface area contributed by atoms with Gasteiger partial charge in [-0.25, -0.2) is 9.58 Å². The van der Waals surface area contributed by atoms with Crippen LogP contribution in [0.25, 0.3) is 71.6 Å².